The van der Waals surface area contributed by atoms with Gasteiger partial charge in [-0.25, -0.2) is 0 Å². The largest absolute Gasteiger partial charge is 0.393 e. The standard InChI is InChI=1S/C10H18O5/c1-9(2)14-7-4-10(13,5-11)3-6(12)8(7)15-9/h6-8,11-13H,3-5H2,1-2H3/t6-,7-,8-,10-/m0/s1. The van der Waals surface area contributed by atoms with Crippen LogP contribution in [-0.4, -0.2) is 51.6 Å². The molecule has 1 saturated heterocycles. The van der Waals surface area contributed by atoms with E-state index in [9.17, 15) is 10.2 Å². The van der Waals surface area contributed by atoms with Crippen LogP contribution in [0.4, 0.5) is 0 Å². The topological polar surface area (TPSA) is 79.2 Å². The Bertz CT molecular complexity index is 254. The number of rotatable bonds is 1. The Morgan fingerprint density at radius 2 is 1.93 bits per heavy atom. The molecular weight excluding hydrogens is 200 g/mol. The van der Waals surface area contributed by atoms with Gasteiger partial charge in [0.25, 0.3) is 0 Å². The zero-order chi connectivity index (χ0) is 11.3. The Kier molecular flexibility index (Phi) is 2.56. The highest BCUT2D eigenvalue weighted by atomic mass is 16.8. The van der Waals surface area contributed by atoms with E-state index in [4.69, 9.17) is 14.6 Å². The van der Waals surface area contributed by atoms with Gasteiger partial charge in [-0.3, -0.25) is 0 Å². The molecule has 0 aromatic rings. The van der Waals surface area contributed by atoms with Crippen molar-refractivity contribution >= 4 is 0 Å². The van der Waals surface area contributed by atoms with Gasteiger partial charge in [-0.05, 0) is 13.8 Å². The molecule has 0 amide bonds. The summed E-state index contributed by atoms with van der Waals surface area (Å²) in [4.78, 5) is 0. The van der Waals surface area contributed by atoms with E-state index < -0.39 is 23.6 Å². The second-order valence-corrected chi connectivity index (χ2v) is 5.00. The highest BCUT2D eigenvalue weighted by Gasteiger charge is 2.52. The van der Waals surface area contributed by atoms with E-state index in [0.717, 1.165) is 0 Å². The number of hydrogen-bond acceptors (Lipinski definition) is 5. The second kappa shape index (κ2) is 3.40. The summed E-state index contributed by atoms with van der Waals surface area (Å²) in [5.74, 6) is -0.725. The van der Waals surface area contributed by atoms with Crippen molar-refractivity contribution in [2.24, 2.45) is 0 Å². The third-order valence-electron chi connectivity index (χ3n) is 3.07. The van der Waals surface area contributed by atoms with E-state index >= 15 is 0 Å². The predicted molar refractivity (Wildman–Crippen MR) is 51.1 cm³/mol. The van der Waals surface area contributed by atoms with Gasteiger partial charge in [0.1, 0.15) is 6.10 Å². The molecule has 0 aromatic heterocycles. The highest BCUT2D eigenvalue weighted by Crippen LogP contribution is 2.40. The van der Waals surface area contributed by atoms with Crippen LogP contribution in [0.15, 0.2) is 0 Å². The molecule has 1 aliphatic carbocycles. The predicted octanol–water partition coefficient (Wildman–Crippen LogP) is -0.615. The lowest BCUT2D eigenvalue weighted by molar-refractivity contribution is -0.153. The molecular formula is C10H18O5. The summed E-state index contributed by atoms with van der Waals surface area (Å²) >= 11 is 0. The molecule has 1 saturated carbocycles. The van der Waals surface area contributed by atoms with Crippen LogP contribution in [0.3, 0.4) is 0 Å². The fraction of sp³-hybridized carbons (Fsp3) is 1.00. The van der Waals surface area contributed by atoms with Crippen molar-refractivity contribution in [3.8, 4) is 0 Å². The molecule has 2 rings (SSSR count). The molecule has 88 valence electrons. The first-order chi connectivity index (χ1) is 6.85. The Morgan fingerprint density at radius 3 is 2.53 bits per heavy atom. The van der Waals surface area contributed by atoms with E-state index in [1.54, 1.807) is 13.8 Å². The lowest BCUT2D eigenvalue weighted by atomic mass is 9.80. The third-order valence-corrected chi connectivity index (χ3v) is 3.07. The molecule has 2 fully saturated rings. The zero-order valence-electron chi connectivity index (χ0n) is 9.01. The van der Waals surface area contributed by atoms with Gasteiger partial charge in [0.05, 0.1) is 24.4 Å². The molecule has 1 heterocycles. The Morgan fingerprint density at radius 1 is 1.27 bits per heavy atom. The van der Waals surface area contributed by atoms with Crippen molar-refractivity contribution in [3.63, 3.8) is 0 Å². The van der Waals surface area contributed by atoms with Crippen molar-refractivity contribution in [3.05, 3.63) is 0 Å². The molecule has 0 bridgehead atoms. The molecule has 5 heteroatoms. The molecule has 5 nitrogen and oxygen atoms in total. The Balaban J connectivity index is 2.14. The minimum Gasteiger partial charge on any atom is -0.393 e. The summed E-state index contributed by atoms with van der Waals surface area (Å²) in [6, 6.07) is 0. The zero-order valence-corrected chi connectivity index (χ0v) is 9.01. The first-order valence-electron chi connectivity index (χ1n) is 5.22. The lowest BCUT2D eigenvalue weighted by Gasteiger charge is -2.38. The van der Waals surface area contributed by atoms with Gasteiger partial charge in [-0.2, -0.15) is 0 Å². The van der Waals surface area contributed by atoms with Crippen molar-refractivity contribution < 1.29 is 24.8 Å². The molecule has 1 aliphatic heterocycles. The number of hydrogen-bond donors (Lipinski definition) is 3. The van der Waals surface area contributed by atoms with Crippen LogP contribution >= 0.6 is 0 Å². The maximum absolute atomic E-state index is 9.92. The van der Waals surface area contributed by atoms with Gasteiger partial charge in [0.15, 0.2) is 5.79 Å². The Hall–Kier alpha value is -0.200. The molecule has 3 N–H and O–H groups in total. The van der Waals surface area contributed by atoms with E-state index in [2.05, 4.69) is 0 Å². The third kappa shape index (κ3) is 2.03. The van der Waals surface area contributed by atoms with Crippen molar-refractivity contribution in [2.75, 3.05) is 6.61 Å². The summed E-state index contributed by atoms with van der Waals surface area (Å²) in [5, 5.41) is 28.8. The van der Waals surface area contributed by atoms with Gasteiger partial charge in [0.2, 0.25) is 0 Å². The number of aliphatic hydroxyl groups is 3. The van der Waals surface area contributed by atoms with Gasteiger partial charge in [-0.1, -0.05) is 0 Å². The lowest BCUT2D eigenvalue weighted by Crippen LogP contribution is -2.52. The van der Waals surface area contributed by atoms with E-state index in [1.165, 1.54) is 0 Å². The molecule has 0 spiro atoms. The average Bonchev–Trinajstić information content (AvgIpc) is 2.40. The van der Waals surface area contributed by atoms with Crippen molar-refractivity contribution in [1.82, 2.24) is 0 Å². The van der Waals surface area contributed by atoms with E-state index in [-0.39, 0.29) is 19.1 Å². The maximum atomic E-state index is 9.92. The summed E-state index contributed by atoms with van der Waals surface area (Å²) in [5.41, 5.74) is -1.25. The normalized spacial score (nSPS) is 49.0. The maximum Gasteiger partial charge on any atom is 0.163 e. The second-order valence-electron chi connectivity index (χ2n) is 5.00. The molecule has 15 heavy (non-hydrogen) atoms. The fourth-order valence-corrected chi connectivity index (χ4v) is 2.44. The molecule has 0 aromatic carbocycles. The minimum atomic E-state index is -1.25. The summed E-state index contributed by atoms with van der Waals surface area (Å²) in [6.45, 7) is 3.18. The van der Waals surface area contributed by atoms with E-state index in [0.29, 0.717) is 6.42 Å². The Labute approximate surface area is 88.6 Å². The molecule has 0 unspecified atom stereocenters. The first-order valence-corrected chi connectivity index (χ1v) is 5.22. The summed E-state index contributed by atoms with van der Waals surface area (Å²) in [7, 11) is 0. The van der Waals surface area contributed by atoms with Crippen LogP contribution in [-0.2, 0) is 9.47 Å². The molecule has 0 radical (unpaired) electrons. The van der Waals surface area contributed by atoms with Crippen LogP contribution in [0.25, 0.3) is 0 Å². The van der Waals surface area contributed by atoms with Crippen molar-refractivity contribution in [1.29, 1.82) is 0 Å². The van der Waals surface area contributed by atoms with Crippen LogP contribution in [0.1, 0.15) is 26.7 Å². The van der Waals surface area contributed by atoms with Crippen LogP contribution in [0.2, 0.25) is 0 Å². The quantitative estimate of drug-likeness (QED) is 0.547. The minimum absolute atomic E-state index is 0.129. The number of ether oxygens (including phenoxy) is 2. The first kappa shape index (κ1) is 11.3. The van der Waals surface area contributed by atoms with E-state index in [1.807, 2.05) is 0 Å². The number of fused-ring (bicyclic) bond motifs is 1. The van der Waals surface area contributed by atoms with Crippen LogP contribution in [0, 0.1) is 0 Å². The monoisotopic (exact) mass is 218 g/mol. The van der Waals surface area contributed by atoms with Gasteiger partial charge in [-0.15, -0.1) is 0 Å². The van der Waals surface area contributed by atoms with Crippen molar-refractivity contribution in [2.45, 2.75) is 56.4 Å². The fourth-order valence-electron chi connectivity index (χ4n) is 2.44. The summed E-state index contributed by atoms with van der Waals surface area (Å²) in [6.07, 6.45) is -1.10. The molecule has 2 aliphatic rings. The molecule has 4 atom stereocenters. The number of aliphatic hydroxyl groups excluding tert-OH is 2. The smallest absolute Gasteiger partial charge is 0.163 e. The summed E-state index contributed by atoms with van der Waals surface area (Å²) < 4.78 is 11.1. The van der Waals surface area contributed by atoms with Gasteiger partial charge in [0, 0.05) is 12.8 Å². The average molecular weight is 218 g/mol. The van der Waals surface area contributed by atoms with Gasteiger partial charge >= 0.3 is 0 Å². The van der Waals surface area contributed by atoms with Crippen LogP contribution in [0.5, 0.6) is 0 Å². The van der Waals surface area contributed by atoms with Crippen LogP contribution < -0.4 is 0 Å². The highest BCUT2D eigenvalue weighted by molar-refractivity contribution is 5.00. The SMILES string of the molecule is CC1(C)O[C@@H]2[C@H](C[C@](O)(CO)C[C@@H]2O)O1. The van der Waals surface area contributed by atoms with Gasteiger partial charge < -0.3 is 24.8 Å².